The average molecular weight is 392 g/mol. The number of oxazole rings is 1. The highest BCUT2D eigenvalue weighted by molar-refractivity contribution is 5.97. The van der Waals surface area contributed by atoms with Crippen LogP contribution in [0.3, 0.4) is 0 Å². The third-order valence-corrected chi connectivity index (χ3v) is 5.21. The highest BCUT2D eigenvalue weighted by Gasteiger charge is 2.30. The maximum absolute atomic E-state index is 13.0. The number of hydrogen-bond donors (Lipinski definition) is 0. The minimum atomic E-state index is -0.249. The highest BCUT2D eigenvalue weighted by Crippen LogP contribution is 2.23. The summed E-state index contributed by atoms with van der Waals surface area (Å²) in [5.74, 6) is 0.0630. The minimum Gasteiger partial charge on any atom is -0.466 e. The normalized spacial score (nSPS) is 16.7. The summed E-state index contributed by atoms with van der Waals surface area (Å²) in [7, 11) is 0. The van der Waals surface area contributed by atoms with E-state index in [1.807, 2.05) is 30.3 Å². The van der Waals surface area contributed by atoms with Crippen LogP contribution in [0, 0.1) is 5.92 Å². The molecule has 29 heavy (non-hydrogen) atoms. The Labute approximate surface area is 169 Å². The van der Waals surface area contributed by atoms with Gasteiger partial charge in [0.25, 0.3) is 5.91 Å². The van der Waals surface area contributed by atoms with Crippen molar-refractivity contribution >= 4 is 23.0 Å². The molecular weight excluding hydrogens is 368 g/mol. The Kier molecular flexibility index (Phi) is 5.60. The van der Waals surface area contributed by atoms with Crippen molar-refractivity contribution in [2.24, 2.45) is 5.92 Å². The molecular formula is C23H24N2O4. The van der Waals surface area contributed by atoms with E-state index in [-0.39, 0.29) is 17.8 Å². The average Bonchev–Trinajstić information content (AvgIpc) is 3.15. The Hall–Kier alpha value is -3.15. The lowest BCUT2D eigenvalue weighted by Crippen LogP contribution is -2.42. The lowest BCUT2D eigenvalue weighted by atomic mass is 9.97. The zero-order chi connectivity index (χ0) is 20.2. The third kappa shape index (κ3) is 4.31. The van der Waals surface area contributed by atoms with Crippen molar-refractivity contribution in [3.05, 3.63) is 65.5 Å². The number of aromatic nitrogens is 1. The molecule has 1 atom stereocenters. The van der Waals surface area contributed by atoms with Crippen molar-refractivity contribution in [3.63, 3.8) is 0 Å². The Bertz CT molecular complexity index is 1010. The van der Waals surface area contributed by atoms with Gasteiger partial charge in [-0.2, -0.15) is 0 Å². The molecule has 0 N–H and O–H groups in total. The largest absolute Gasteiger partial charge is 0.466 e. The second-order valence-electron chi connectivity index (χ2n) is 7.29. The molecule has 150 valence electrons. The standard InChI is InChI=1S/C23H24N2O4/c1-2-28-23(27)18-9-6-12-25(15-18)22(26)17-10-11-20-19(14-17)24-21(29-20)13-16-7-4-3-5-8-16/h3-5,7-8,10-11,14,18H,2,6,9,12-13,15H2,1H3/t18-/m0/s1. The smallest absolute Gasteiger partial charge is 0.310 e. The molecule has 2 heterocycles. The quantitative estimate of drug-likeness (QED) is 0.617. The fourth-order valence-electron chi connectivity index (χ4n) is 3.75. The van der Waals surface area contributed by atoms with Crippen LogP contribution in [-0.2, 0) is 16.0 Å². The summed E-state index contributed by atoms with van der Waals surface area (Å²) in [5.41, 5.74) is 3.01. The van der Waals surface area contributed by atoms with Gasteiger partial charge < -0.3 is 14.1 Å². The van der Waals surface area contributed by atoms with Crippen molar-refractivity contribution in [2.75, 3.05) is 19.7 Å². The summed E-state index contributed by atoms with van der Waals surface area (Å²) in [6.07, 6.45) is 2.16. The molecule has 1 saturated heterocycles. The molecule has 0 spiro atoms. The first-order chi connectivity index (χ1) is 14.1. The Balaban J connectivity index is 1.50. The van der Waals surface area contributed by atoms with E-state index in [1.54, 1.807) is 30.0 Å². The van der Waals surface area contributed by atoms with Crippen LogP contribution in [0.4, 0.5) is 0 Å². The number of piperidine rings is 1. The van der Waals surface area contributed by atoms with Crippen LogP contribution in [0.15, 0.2) is 52.9 Å². The van der Waals surface area contributed by atoms with E-state index in [2.05, 4.69) is 4.98 Å². The number of esters is 1. The van der Waals surface area contributed by atoms with Crippen LogP contribution in [0.5, 0.6) is 0 Å². The Morgan fingerprint density at radius 3 is 2.83 bits per heavy atom. The molecule has 0 bridgehead atoms. The number of ether oxygens (including phenoxy) is 1. The van der Waals surface area contributed by atoms with E-state index in [9.17, 15) is 9.59 Å². The molecule has 2 aromatic carbocycles. The van der Waals surface area contributed by atoms with Crippen LogP contribution >= 0.6 is 0 Å². The van der Waals surface area contributed by atoms with Gasteiger partial charge in [0.05, 0.1) is 12.5 Å². The lowest BCUT2D eigenvalue weighted by Gasteiger charge is -2.31. The number of carbonyl (C=O) groups is 2. The van der Waals surface area contributed by atoms with Crippen LogP contribution in [0.1, 0.15) is 41.6 Å². The maximum atomic E-state index is 13.0. The van der Waals surface area contributed by atoms with Crippen LogP contribution in [0.25, 0.3) is 11.1 Å². The zero-order valence-electron chi connectivity index (χ0n) is 16.5. The Morgan fingerprint density at radius 2 is 2.03 bits per heavy atom. The molecule has 0 radical (unpaired) electrons. The first-order valence-corrected chi connectivity index (χ1v) is 10.0. The van der Waals surface area contributed by atoms with E-state index in [0.29, 0.717) is 48.7 Å². The number of benzene rings is 2. The fraction of sp³-hybridized carbons (Fsp3) is 0.348. The molecule has 1 aliphatic rings. The third-order valence-electron chi connectivity index (χ3n) is 5.21. The second-order valence-corrected chi connectivity index (χ2v) is 7.29. The number of nitrogens with zero attached hydrogens (tertiary/aromatic N) is 2. The number of hydrogen-bond acceptors (Lipinski definition) is 5. The molecule has 0 unspecified atom stereocenters. The molecule has 6 heteroatoms. The summed E-state index contributed by atoms with van der Waals surface area (Å²) in [6.45, 7) is 3.19. The fourth-order valence-corrected chi connectivity index (χ4v) is 3.75. The molecule has 1 aromatic heterocycles. The van der Waals surface area contributed by atoms with Gasteiger partial charge in [-0.1, -0.05) is 30.3 Å². The predicted molar refractivity (Wildman–Crippen MR) is 109 cm³/mol. The Morgan fingerprint density at radius 1 is 1.21 bits per heavy atom. The lowest BCUT2D eigenvalue weighted by molar-refractivity contribution is -0.149. The summed E-state index contributed by atoms with van der Waals surface area (Å²) in [5, 5.41) is 0. The SMILES string of the molecule is CCOC(=O)[C@H]1CCCN(C(=O)c2ccc3oc(Cc4ccccc4)nc3c2)C1. The first kappa shape index (κ1) is 19.2. The van der Waals surface area contributed by atoms with Gasteiger partial charge in [0, 0.05) is 25.1 Å². The van der Waals surface area contributed by atoms with Crippen molar-refractivity contribution in [2.45, 2.75) is 26.2 Å². The molecule has 4 rings (SSSR count). The molecule has 3 aromatic rings. The molecule has 6 nitrogen and oxygen atoms in total. The highest BCUT2D eigenvalue weighted by atomic mass is 16.5. The summed E-state index contributed by atoms with van der Waals surface area (Å²) < 4.78 is 11.0. The molecule has 0 saturated carbocycles. The van der Waals surface area contributed by atoms with E-state index in [1.165, 1.54) is 0 Å². The van der Waals surface area contributed by atoms with Gasteiger partial charge in [-0.25, -0.2) is 4.98 Å². The number of amides is 1. The number of likely N-dealkylation sites (tertiary alicyclic amines) is 1. The predicted octanol–water partition coefficient (Wildman–Crippen LogP) is 3.83. The number of rotatable bonds is 5. The number of fused-ring (bicyclic) bond motifs is 1. The van der Waals surface area contributed by atoms with Crippen molar-refractivity contribution in [3.8, 4) is 0 Å². The number of carbonyl (C=O) groups excluding carboxylic acids is 2. The first-order valence-electron chi connectivity index (χ1n) is 10.0. The van der Waals surface area contributed by atoms with Gasteiger partial charge in [0.15, 0.2) is 11.5 Å². The van der Waals surface area contributed by atoms with Crippen LogP contribution in [-0.4, -0.2) is 41.5 Å². The van der Waals surface area contributed by atoms with Gasteiger partial charge in [-0.05, 0) is 43.5 Å². The van der Waals surface area contributed by atoms with Crippen LogP contribution in [0.2, 0.25) is 0 Å². The van der Waals surface area contributed by atoms with E-state index in [0.717, 1.165) is 18.4 Å². The van der Waals surface area contributed by atoms with Gasteiger partial charge in [0.1, 0.15) is 5.52 Å². The van der Waals surface area contributed by atoms with Crippen LogP contribution < -0.4 is 0 Å². The van der Waals surface area contributed by atoms with Gasteiger partial charge in [-0.3, -0.25) is 9.59 Å². The summed E-state index contributed by atoms with van der Waals surface area (Å²) in [6, 6.07) is 15.3. The van der Waals surface area contributed by atoms with Crippen molar-refractivity contribution < 1.29 is 18.7 Å². The molecule has 1 fully saturated rings. The summed E-state index contributed by atoms with van der Waals surface area (Å²) >= 11 is 0. The molecule has 0 aliphatic carbocycles. The van der Waals surface area contributed by atoms with E-state index < -0.39 is 0 Å². The van der Waals surface area contributed by atoms with Crippen molar-refractivity contribution in [1.29, 1.82) is 0 Å². The van der Waals surface area contributed by atoms with E-state index >= 15 is 0 Å². The van der Waals surface area contributed by atoms with Crippen molar-refractivity contribution in [1.82, 2.24) is 9.88 Å². The maximum Gasteiger partial charge on any atom is 0.310 e. The molecule has 1 aliphatic heterocycles. The van der Waals surface area contributed by atoms with E-state index in [4.69, 9.17) is 9.15 Å². The minimum absolute atomic E-state index is 0.0893. The summed E-state index contributed by atoms with van der Waals surface area (Å²) in [4.78, 5) is 31.3. The van der Waals surface area contributed by atoms with Gasteiger partial charge in [-0.15, -0.1) is 0 Å². The second kappa shape index (κ2) is 8.47. The topological polar surface area (TPSA) is 72.6 Å². The zero-order valence-corrected chi connectivity index (χ0v) is 16.5. The molecule has 1 amide bonds. The monoisotopic (exact) mass is 392 g/mol. The van der Waals surface area contributed by atoms with Gasteiger partial charge >= 0.3 is 5.97 Å². The van der Waals surface area contributed by atoms with Gasteiger partial charge in [0.2, 0.25) is 0 Å².